The molecule has 0 aliphatic carbocycles. The van der Waals surface area contributed by atoms with Gasteiger partial charge in [-0.1, -0.05) is 0 Å². The van der Waals surface area contributed by atoms with Crippen molar-refractivity contribution in [3.05, 3.63) is 0 Å². The molecule has 1 fully saturated rings. The number of nitrogens with two attached hydrogens (primary N) is 1. The molecule has 9 heteroatoms. The Bertz CT molecular complexity index is 375. The summed E-state index contributed by atoms with van der Waals surface area (Å²) < 4.78 is 5.21. The number of carbonyl (C=O) groups excluding carboxylic acids is 1. The van der Waals surface area contributed by atoms with Gasteiger partial charge in [-0.25, -0.2) is 4.79 Å². The van der Waals surface area contributed by atoms with Crippen molar-refractivity contribution in [3.63, 3.8) is 0 Å². The number of amides is 2. The number of aliphatic hydroxyl groups is 4. The van der Waals surface area contributed by atoms with E-state index in [2.05, 4.69) is 4.99 Å². The predicted molar refractivity (Wildman–Crippen MR) is 57.2 cm³/mol. The third-order valence-corrected chi connectivity index (χ3v) is 3.01. The summed E-state index contributed by atoms with van der Waals surface area (Å²) in [6.45, 7) is -0.413. The number of nitrogens with zero attached hydrogens (tertiary/aromatic N) is 2. The Morgan fingerprint density at radius 3 is 2.67 bits per heavy atom. The number of hydrogen-bond donors (Lipinski definition) is 5. The summed E-state index contributed by atoms with van der Waals surface area (Å²) in [5.41, 5.74) is 5.26. The Hall–Kier alpha value is -1.26. The van der Waals surface area contributed by atoms with Crippen LogP contribution in [0, 0.1) is 0 Å². The van der Waals surface area contributed by atoms with Crippen LogP contribution < -0.4 is 5.73 Å². The predicted octanol–water partition coefficient (Wildman–Crippen LogP) is -3.07. The Balaban J connectivity index is 2.17. The molecule has 2 aliphatic rings. The molecule has 0 aromatic carbocycles. The number of carbonyl (C=O) groups is 1. The molecule has 9 nitrogen and oxygen atoms in total. The van der Waals surface area contributed by atoms with Crippen molar-refractivity contribution in [2.24, 2.45) is 10.7 Å². The minimum absolute atomic E-state index is 0.0101. The van der Waals surface area contributed by atoms with Crippen LogP contribution in [0.3, 0.4) is 0 Å². The van der Waals surface area contributed by atoms with E-state index in [0.717, 1.165) is 4.90 Å². The topological polar surface area (TPSA) is 149 Å². The van der Waals surface area contributed by atoms with Crippen molar-refractivity contribution in [1.29, 1.82) is 0 Å². The van der Waals surface area contributed by atoms with Crippen LogP contribution in [0.25, 0.3) is 0 Å². The summed E-state index contributed by atoms with van der Waals surface area (Å²) in [6, 6.07) is -0.860. The van der Waals surface area contributed by atoms with Crippen molar-refractivity contribution < 1.29 is 30.0 Å². The maximum Gasteiger partial charge on any atom is 0.349 e. The van der Waals surface area contributed by atoms with Gasteiger partial charge in [-0.15, -0.1) is 0 Å². The molecular weight excluding hydrogens is 246 g/mol. The van der Waals surface area contributed by atoms with Gasteiger partial charge in [0.05, 0.1) is 12.7 Å². The average molecular weight is 261 g/mol. The molecular formula is C9H15N3O6. The number of hydrogen-bond acceptors (Lipinski definition) is 7. The highest BCUT2D eigenvalue weighted by atomic mass is 16.5. The van der Waals surface area contributed by atoms with Gasteiger partial charge >= 0.3 is 6.03 Å². The van der Waals surface area contributed by atoms with Crippen LogP contribution in [0.5, 0.6) is 0 Å². The maximum atomic E-state index is 11.6. The SMILES string of the molecule is NC1=NC(=O)N([C@H]2C[C@H](O)[C@@H](CO)O2)[C@H](O)[C@H]1O. The van der Waals surface area contributed by atoms with Crippen molar-refractivity contribution in [2.45, 2.75) is 37.2 Å². The van der Waals surface area contributed by atoms with Gasteiger partial charge in [0.1, 0.15) is 18.2 Å². The highest BCUT2D eigenvalue weighted by Gasteiger charge is 2.45. The Morgan fingerprint density at radius 1 is 1.44 bits per heavy atom. The molecule has 0 saturated carbocycles. The number of aliphatic imine (C=N–C) groups is 1. The minimum Gasteiger partial charge on any atom is -0.394 e. The molecule has 5 atom stereocenters. The molecule has 0 aromatic heterocycles. The van der Waals surface area contributed by atoms with Gasteiger partial charge < -0.3 is 30.9 Å². The first-order valence-corrected chi connectivity index (χ1v) is 5.42. The van der Waals surface area contributed by atoms with Gasteiger partial charge in [0.15, 0.2) is 12.3 Å². The molecule has 0 bridgehead atoms. The van der Waals surface area contributed by atoms with Crippen LogP contribution in [-0.2, 0) is 4.74 Å². The summed E-state index contributed by atoms with van der Waals surface area (Å²) in [5, 5.41) is 37.8. The Morgan fingerprint density at radius 2 is 2.11 bits per heavy atom. The van der Waals surface area contributed by atoms with Crippen LogP contribution in [0.4, 0.5) is 4.79 Å². The van der Waals surface area contributed by atoms with Gasteiger partial charge in [0.2, 0.25) is 0 Å². The molecule has 2 amide bonds. The number of amidine groups is 1. The number of aliphatic hydroxyl groups excluding tert-OH is 4. The van der Waals surface area contributed by atoms with Crippen molar-refractivity contribution in [1.82, 2.24) is 4.90 Å². The van der Waals surface area contributed by atoms with Gasteiger partial charge in [0, 0.05) is 6.42 Å². The lowest BCUT2D eigenvalue weighted by Gasteiger charge is -2.36. The summed E-state index contributed by atoms with van der Waals surface area (Å²) in [4.78, 5) is 15.8. The second-order valence-electron chi connectivity index (χ2n) is 4.20. The minimum atomic E-state index is -1.59. The summed E-state index contributed by atoms with van der Waals surface area (Å²) in [7, 11) is 0. The lowest BCUT2D eigenvalue weighted by molar-refractivity contribution is -0.131. The Labute approximate surface area is 102 Å². The maximum absolute atomic E-state index is 11.6. The van der Waals surface area contributed by atoms with E-state index in [1.807, 2.05) is 0 Å². The van der Waals surface area contributed by atoms with Gasteiger partial charge in [0.25, 0.3) is 0 Å². The molecule has 18 heavy (non-hydrogen) atoms. The molecule has 102 valence electrons. The number of ether oxygens (including phenoxy) is 1. The normalized spacial score (nSPS) is 41.1. The molecule has 0 radical (unpaired) electrons. The van der Waals surface area contributed by atoms with E-state index in [1.54, 1.807) is 0 Å². The van der Waals surface area contributed by atoms with E-state index in [4.69, 9.17) is 15.6 Å². The zero-order chi connectivity index (χ0) is 13.4. The van der Waals surface area contributed by atoms with Crippen LogP contribution in [0.2, 0.25) is 0 Å². The van der Waals surface area contributed by atoms with Crippen LogP contribution in [0.15, 0.2) is 4.99 Å². The zero-order valence-corrected chi connectivity index (χ0v) is 9.38. The second-order valence-corrected chi connectivity index (χ2v) is 4.20. The fraction of sp³-hybridized carbons (Fsp3) is 0.778. The molecule has 0 spiro atoms. The van der Waals surface area contributed by atoms with E-state index >= 15 is 0 Å². The molecule has 0 aromatic rings. The molecule has 2 heterocycles. The summed E-state index contributed by atoms with van der Waals surface area (Å²) in [5.74, 6) is -0.374. The van der Waals surface area contributed by atoms with Crippen LogP contribution >= 0.6 is 0 Å². The first kappa shape index (κ1) is 13.2. The molecule has 2 rings (SSSR count). The third kappa shape index (κ3) is 2.06. The highest BCUT2D eigenvalue weighted by Crippen LogP contribution is 2.27. The standard InChI is InChI=1S/C9H15N3O6/c10-7-6(15)8(16)12(9(17)11-7)5-1-3(14)4(2-13)18-5/h3-6,8,13-16H,1-2H2,(H2,10,11,17)/t3-,4+,5+,6-,8+/m0/s1. The van der Waals surface area contributed by atoms with Gasteiger partial charge in [-0.2, -0.15) is 4.99 Å². The quantitative estimate of drug-likeness (QED) is 0.354. The van der Waals surface area contributed by atoms with E-state index in [0.29, 0.717) is 0 Å². The lowest BCUT2D eigenvalue weighted by atomic mass is 10.1. The van der Waals surface area contributed by atoms with E-state index in [1.165, 1.54) is 0 Å². The van der Waals surface area contributed by atoms with E-state index < -0.39 is 43.4 Å². The van der Waals surface area contributed by atoms with Crippen LogP contribution in [-0.4, -0.2) is 74.6 Å². The number of rotatable bonds is 2. The van der Waals surface area contributed by atoms with Gasteiger partial charge in [-0.3, -0.25) is 4.90 Å². The molecule has 1 saturated heterocycles. The Kier molecular flexibility index (Phi) is 3.50. The molecule has 6 N–H and O–H groups in total. The lowest BCUT2D eigenvalue weighted by Crippen LogP contribution is -2.58. The average Bonchev–Trinajstić information content (AvgIpc) is 2.67. The van der Waals surface area contributed by atoms with E-state index in [-0.39, 0.29) is 12.3 Å². The zero-order valence-electron chi connectivity index (χ0n) is 9.38. The van der Waals surface area contributed by atoms with Crippen molar-refractivity contribution >= 4 is 11.9 Å². The summed E-state index contributed by atoms with van der Waals surface area (Å²) in [6.07, 6.45) is -5.85. The first-order chi connectivity index (χ1) is 8.45. The third-order valence-electron chi connectivity index (χ3n) is 3.01. The second kappa shape index (κ2) is 4.78. The first-order valence-electron chi connectivity index (χ1n) is 5.42. The van der Waals surface area contributed by atoms with Gasteiger partial charge in [-0.05, 0) is 0 Å². The monoisotopic (exact) mass is 261 g/mol. The van der Waals surface area contributed by atoms with E-state index in [9.17, 15) is 20.1 Å². The fourth-order valence-electron chi connectivity index (χ4n) is 2.00. The molecule has 0 unspecified atom stereocenters. The largest absolute Gasteiger partial charge is 0.394 e. The molecule has 2 aliphatic heterocycles. The summed E-state index contributed by atoms with van der Waals surface area (Å²) >= 11 is 0. The highest BCUT2D eigenvalue weighted by molar-refractivity contribution is 5.98. The van der Waals surface area contributed by atoms with Crippen molar-refractivity contribution in [2.75, 3.05) is 6.61 Å². The van der Waals surface area contributed by atoms with Crippen molar-refractivity contribution in [3.8, 4) is 0 Å². The fourth-order valence-corrected chi connectivity index (χ4v) is 2.00. The smallest absolute Gasteiger partial charge is 0.349 e. The number of urea groups is 1. The van der Waals surface area contributed by atoms with Crippen LogP contribution in [0.1, 0.15) is 6.42 Å².